The van der Waals surface area contributed by atoms with Crippen molar-refractivity contribution in [1.29, 1.82) is 0 Å². The zero-order chi connectivity index (χ0) is 13.9. The Labute approximate surface area is 119 Å². The first-order valence-electron chi connectivity index (χ1n) is 6.85. The minimum atomic E-state index is 0.536. The number of rotatable bonds is 3. The van der Waals surface area contributed by atoms with E-state index in [9.17, 15) is 0 Å². The summed E-state index contributed by atoms with van der Waals surface area (Å²) in [6, 6.07) is 18.5. The molecular weight excluding hydrogens is 246 g/mol. The highest BCUT2D eigenvalue weighted by molar-refractivity contribution is 5.62. The highest BCUT2D eigenvalue weighted by Crippen LogP contribution is 2.25. The lowest BCUT2D eigenvalue weighted by molar-refractivity contribution is 0.575. The zero-order valence-corrected chi connectivity index (χ0v) is 11.7. The Bertz CT molecular complexity index is 681. The summed E-state index contributed by atoms with van der Waals surface area (Å²) in [6.07, 6.45) is 1.71. The van der Waals surface area contributed by atoms with Crippen molar-refractivity contribution >= 4 is 0 Å². The molecule has 2 nitrogen and oxygen atoms in total. The van der Waals surface area contributed by atoms with Gasteiger partial charge in [0.15, 0.2) is 0 Å². The fourth-order valence-corrected chi connectivity index (χ4v) is 2.16. The van der Waals surface area contributed by atoms with Gasteiger partial charge in [0.1, 0.15) is 12.0 Å². The predicted octanol–water partition coefficient (Wildman–Crippen LogP) is 5.13. The average Bonchev–Trinajstić information content (AvgIpc) is 2.98. The summed E-state index contributed by atoms with van der Waals surface area (Å²) in [4.78, 5) is 4.56. The molecule has 0 saturated carbocycles. The van der Waals surface area contributed by atoms with E-state index < -0.39 is 0 Å². The van der Waals surface area contributed by atoms with Crippen molar-refractivity contribution in [2.45, 2.75) is 19.8 Å². The summed E-state index contributed by atoms with van der Waals surface area (Å²) < 4.78 is 5.59. The largest absolute Gasteiger partial charge is 0.444 e. The van der Waals surface area contributed by atoms with Crippen molar-refractivity contribution < 1.29 is 4.42 Å². The minimum absolute atomic E-state index is 0.536. The Morgan fingerprint density at radius 3 is 2.20 bits per heavy atom. The van der Waals surface area contributed by atoms with Crippen LogP contribution < -0.4 is 0 Å². The third-order valence-electron chi connectivity index (χ3n) is 3.40. The van der Waals surface area contributed by atoms with Gasteiger partial charge in [-0.2, -0.15) is 0 Å². The van der Waals surface area contributed by atoms with E-state index in [-0.39, 0.29) is 0 Å². The smallest absolute Gasteiger partial charge is 0.226 e. The molecule has 2 heteroatoms. The van der Waals surface area contributed by atoms with Gasteiger partial charge >= 0.3 is 0 Å². The van der Waals surface area contributed by atoms with Gasteiger partial charge in [0.2, 0.25) is 5.89 Å². The maximum absolute atomic E-state index is 5.59. The van der Waals surface area contributed by atoms with Crippen molar-refractivity contribution in [3.05, 3.63) is 66.4 Å². The van der Waals surface area contributed by atoms with Gasteiger partial charge in [0.05, 0.1) is 0 Å². The molecule has 0 spiro atoms. The summed E-state index contributed by atoms with van der Waals surface area (Å²) in [5.41, 5.74) is 4.27. The molecule has 0 amide bonds. The molecule has 0 aliphatic heterocycles. The molecule has 0 fully saturated rings. The molecule has 100 valence electrons. The van der Waals surface area contributed by atoms with Crippen molar-refractivity contribution in [1.82, 2.24) is 4.98 Å². The molecule has 1 heterocycles. The molecule has 3 rings (SSSR count). The second kappa shape index (κ2) is 5.33. The van der Waals surface area contributed by atoms with Crippen LogP contribution in [0.4, 0.5) is 0 Å². The Hall–Kier alpha value is -2.35. The molecule has 0 unspecified atom stereocenters. The fourth-order valence-electron chi connectivity index (χ4n) is 2.16. The van der Waals surface area contributed by atoms with Crippen LogP contribution >= 0.6 is 0 Å². The SMILES string of the molecule is CC(C)c1ccc(-c2nc(-c3ccccc3)co2)cc1. The van der Waals surface area contributed by atoms with Crippen LogP contribution in [0.15, 0.2) is 65.3 Å². The van der Waals surface area contributed by atoms with E-state index >= 15 is 0 Å². The van der Waals surface area contributed by atoms with Gasteiger partial charge in [0, 0.05) is 11.1 Å². The summed E-state index contributed by atoms with van der Waals surface area (Å²) in [5.74, 6) is 1.20. The highest BCUT2D eigenvalue weighted by atomic mass is 16.3. The van der Waals surface area contributed by atoms with Crippen molar-refractivity contribution in [3.63, 3.8) is 0 Å². The van der Waals surface area contributed by atoms with Crippen LogP contribution in [0.3, 0.4) is 0 Å². The minimum Gasteiger partial charge on any atom is -0.444 e. The van der Waals surface area contributed by atoms with Crippen molar-refractivity contribution in [2.24, 2.45) is 0 Å². The lowest BCUT2D eigenvalue weighted by atomic mass is 10.0. The maximum Gasteiger partial charge on any atom is 0.226 e. The summed E-state index contributed by atoms with van der Waals surface area (Å²) in [5, 5.41) is 0. The highest BCUT2D eigenvalue weighted by Gasteiger charge is 2.08. The van der Waals surface area contributed by atoms with E-state index in [1.165, 1.54) is 5.56 Å². The molecule has 20 heavy (non-hydrogen) atoms. The van der Waals surface area contributed by atoms with Crippen LogP contribution in [0.5, 0.6) is 0 Å². The van der Waals surface area contributed by atoms with Gasteiger partial charge in [-0.15, -0.1) is 0 Å². The predicted molar refractivity (Wildman–Crippen MR) is 81.5 cm³/mol. The summed E-state index contributed by atoms with van der Waals surface area (Å²) >= 11 is 0. The van der Waals surface area contributed by atoms with Gasteiger partial charge in [0.25, 0.3) is 0 Å². The van der Waals surface area contributed by atoms with Gasteiger partial charge in [-0.25, -0.2) is 4.98 Å². The average molecular weight is 263 g/mol. The van der Waals surface area contributed by atoms with Crippen LogP contribution in [-0.4, -0.2) is 4.98 Å². The zero-order valence-electron chi connectivity index (χ0n) is 11.7. The first-order chi connectivity index (χ1) is 9.74. The lowest BCUT2D eigenvalue weighted by Gasteiger charge is -2.04. The van der Waals surface area contributed by atoms with Crippen LogP contribution in [0.1, 0.15) is 25.3 Å². The lowest BCUT2D eigenvalue weighted by Crippen LogP contribution is -1.86. The Morgan fingerprint density at radius 1 is 0.850 bits per heavy atom. The van der Waals surface area contributed by atoms with Crippen LogP contribution in [0, 0.1) is 0 Å². The maximum atomic E-state index is 5.59. The Kier molecular flexibility index (Phi) is 3.38. The van der Waals surface area contributed by atoms with E-state index in [2.05, 4.69) is 43.1 Å². The molecule has 0 aliphatic carbocycles. The molecule has 0 radical (unpaired) electrons. The molecule has 0 aliphatic rings. The monoisotopic (exact) mass is 263 g/mol. The van der Waals surface area contributed by atoms with Crippen LogP contribution in [0.2, 0.25) is 0 Å². The van der Waals surface area contributed by atoms with Crippen LogP contribution in [-0.2, 0) is 0 Å². The van der Waals surface area contributed by atoms with Gasteiger partial charge in [-0.1, -0.05) is 56.3 Å². The van der Waals surface area contributed by atoms with Gasteiger partial charge in [-0.3, -0.25) is 0 Å². The Balaban J connectivity index is 1.90. The van der Waals surface area contributed by atoms with Gasteiger partial charge < -0.3 is 4.42 Å². The van der Waals surface area contributed by atoms with Crippen molar-refractivity contribution in [2.75, 3.05) is 0 Å². The molecule has 3 aromatic rings. The van der Waals surface area contributed by atoms with E-state index in [1.807, 2.05) is 30.3 Å². The van der Waals surface area contributed by atoms with E-state index in [0.29, 0.717) is 11.8 Å². The second-order valence-corrected chi connectivity index (χ2v) is 5.18. The number of aromatic nitrogens is 1. The molecular formula is C18H17NO. The van der Waals surface area contributed by atoms with Gasteiger partial charge in [-0.05, 0) is 23.6 Å². The fraction of sp³-hybridized carbons (Fsp3) is 0.167. The second-order valence-electron chi connectivity index (χ2n) is 5.18. The standard InChI is InChI=1S/C18H17NO/c1-13(2)14-8-10-16(11-9-14)18-19-17(12-20-18)15-6-4-3-5-7-15/h3-13H,1-2H3. The topological polar surface area (TPSA) is 26.0 Å². The molecule has 2 aromatic carbocycles. The van der Waals surface area contributed by atoms with E-state index in [4.69, 9.17) is 4.42 Å². The normalized spacial score (nSPS) is 10.9. The van der Waals surface area contributed by atoms with Crippen LogP contribution in [0.25, 0.3) is 22.7 Å². The quantitative estimate of drug-likeness (QED) is 0.654. The third kappa shape index (κ3) is 2.50. The molecule has 0 bridgehead atoms. The Morgan fingerprint density at radius 2 is 1.55 bits per heavy atom. The van der Waals surface area contributed by atoms with E-state index in [1.54, 1.807) is 6.26 Å². The first kappa shape index (κ1) is 12.7. The first-order valence-corrected chi connectivity index (χ1v) is 6.85. The number of nitrogens with zero attached hydrogens (tertiary/aromatic N) is 1. The molecule has 0 N–H and O–H groups in total. The number of hydrogen-bond acceptors (Lipinski definition) is 2. The summed E-state index contributed by atoms with van der Waals surface area (Å²) in [7, 11) is 0. The summed E-state index contributed by atoms with van der Waals surface area (Å²) in [6.45, 7) is 4.38. The third-order valence-corrected chi connectivity index (χ3v) is 3.40. The number of oxazole rings is 1. The van der Waals surface area contributed by atoms with E-state index in [0.717, 1.165) is 16.8 Å². The molecule has 0 atom stereocenters. The molecule has 1 aromatic heterocycles. The number of benzene rings is 2. The van der Waals surface area contributed by atoms with Crippen molar-refractivity contribution in [3.8, 4) is 22.7 Å². The molecule has 0 saturated heterocycles. The number of hydrogen-bond donors (Lipinski definition) is 0.